The Bertz CT molecular complexity index is 806. The Kier molecular flexibility index (Phi) is 3.75. The second kappa shape index (κ2) is 5.72. The van der Waals surface area contributed by atoms with Crippen LogP contribution in [0.25, 0.3) is 0 Å². The van der Waals surface area contributed by atoms with Gasteiger partial charge in [-0.3, -0.25) is 9.48 Å². The molecule has 2 aliphatic carbocycles. The van der Waals surface area contributed by atoms with Crippen molar-refractivity contribution in [2.75, 3.05) is 6.54 Å². The van der Waals surface area contributed by atoms with Gasteiger partial charge in [0.1, 0.15) is 5.69 Å². The number of aromatic nitrogens is 2. The van der Waals surface area contributed by atoms with E-state index >= 15 is 0 Å². The van der Waals surface area contributed by atoms with Gasteiger partial charge in [0.05, 0.1) is 5.69 Å². The lowest BCUT2D eigenvalue weighted by molar-refractivity contribution is 0.0937. The van der Waals surface area contributed by atoms with Crippen molar-refractivity contribution in [3.63, 3.8) is 0 Å². The molecular weight excluding hydrogens is 310 g/mol. The largest absolute Gasteiger partial charge is 0.350 e. The van der Waals surface area contributed by atoms with Gasteiger partial charge in [-0.1, -0.05) is 44.2 Å². The molecule has 0 saturated heterocycles. The Morgan fingerprint density at radius 2 is 1.88 bits per heavy atom. The van der Waals surface area contributed by atoms with Gasteiger partial charge >= 0.3 is 0 Å². The van der Waals surface area contributed by atoms with Crippen molar-refractivity contribution in [2.24, 2.45) is 12.5 Å². The number of carbonyl (C=O) groups excluding carboxylic acids is 1. The third kappa shape index (κ3) is 2.59. The van der Waals surface area contributed by atoms with Gasteiger partial charge in [0.25, 0.3) is 5.91 Å². The molecule has 2 aliphatic rings. The van der Waals surface area contributed by atoms with E-state index in [9.17, 15) is 4.79 Å². The molecule has 1 fully saturated rings. The van der Waals surface area contributed by atoms with Crippen LogP contribution in [0.5, 0.6) is 0 Å². The highest BCUT2D eigenvalue weighted by Gasteiger charge is 2.61. The molecule has 0 bridgehead atoms. The van der Waals surface area contributed by atoms with Gasteiger partial charge in [0.15, 0.2) is 0 Å². The van der Waals surface area contributed by atoms with E-state index in [0.29, 0.717) is 6.54 Å². The van der Waals surface area contributed by atoms with Crippen molar-refractivity contribution in [2.45, 2.75) is 51.4 Å². The minimum Gasteiger partial charge on any atom is -0.350 e. The molecule has 1 aromatic heterocycles. The monoisotopic (exact) mass is 337 g/mol. The number of carbonyl (C=O) groups is 1. The molecule has 1 aromatic carbocycles. The van der Waals surface area contributed by atoms with Gasteiger partial charge < -0.3 is 5.32 Å². The summed E-state index contributed by atoms with van der Waals surface area (Å²) in [6, 6.07) is 10.6. The Labute approximate surface area is 149 Å². The second-order valence-electron chi connectivity index (χ2n) is 8.30. The molecule has 0 aliphatic heterocycles. The maximum Gasteiger partial charge on any atom is 0.269 e. The van der Waals surface area contributed by atoms with E-state index in [1.165, 1.54) is 12.0 Å². The third-order valence-corrected chi connectivity index (χ3v) is 6.33. The summed E-state index contributed by atoms with van der Waals surface area (Å²) in [7, 11) is 1.89. The highest BCUT2D eigenvalue weighted by Crippen LogP contribution is 2.63. The number of hydrogen-bond acceptors (Lipinski definition) is 2. The first kappa shape index (κ1) is 16.4. The quantitative estimate of drug-likeness (QED) is 0.929. The highest BCUT2D eigenvalue weighted by molar-refractivity contribution is 5.94. The average Bonchev–Trinajstić information content (AvgIpc) is 3.01. The molecule has 0 unspecified atom stereocenters. The molecule has 132 valence electrons. The molecule has 1 atom stereocenters. The molecule has 4 nitrogen and oxygen atoms in total. The number of rotatable bonds is 4. The topological polar surface area (TPSA) is 46.9 Å². The fourth-order valence-electron chi connectivity index (χ4n) is 4.64. The number of benzene rings is 1. The van der Waals surface area contributed by atoms with Crippen molar-refractivity contribution < 1.29 is 4.79 Å². The molecule has 2 aromatic rings. The molecule has 25 heavy (non-hydrogen) atoms. The first-order valence-electron chi connectivity index (χ1n) is 9.33. The number of nitrogens with one attached hydrogen (secondary N) is 1. The van der Waals surface area contributed by atoms with Crippen LogP contribution in [0.15, 0.2) is 30.3 Å². The van der Waals surface area contributed by atoms with E-state index in [-0.39, 0.29) is 16.7 Å². The van der Waals surface area contributed by atoms with Crippen molar-refractivity contribution in [3.05, 3.63) is 52.8 Å². The summed E-state index contributed by atoms with van der Waals surface area (Å²) in [5.41, 5.74) is 4.62. The average molecular weight is 337 g/mol. The van der Waals surface area contributed by atoms with Gasteiger partial charge in [-0.15, -0.1) is 0 Å². The van der Waals surface area contributed by atoms with Crippen molar-refractivity contribution in [3.8, 4) is 0 Å². The third-order valence-electron chi connectivity index (χ3n) is 6.33. The van der Waals surface area contributed by atoms with E-state index < -0.39 is 0 Å². The van der Waals surface area contributed by atoms with E-state index in [4.69, 9.17) is 0 Å². The summed E-state index contributed by atoms with van der Waals surface area (Å²) in [4.78, 5) is 12.9. The Morgan fingerprint density at radius 1 is 1.20 bits per heavy atom. The first-order chi connectivity index (χ1) is 11.9. The summed E-state index contributed by atoms with van der Waals surface area (Å²) in [6.07, 6.45) is 5.41. The minimum absolute atomic E-state index is 0.0242. The maximum absolute atomic E-state index is 12.9. The number of nitrogens with zero attached hydrogens (tertiary/aromatic N) is 2. The van der Waals surface area contributed by atoms with E-state index in [0.717, 1.165) is 42.6 Å². The first-order valence-corrected chi connectivity index (χ1v) is 9.33. The standard InChI is InChI=1S/C21H27N3O/c1-20(2)13-21(20,15-9-5-4-6-10-15)14-22-19(25)18-16-11-7-8-12-17(16)23-24(18)3/h4-6,9-10H,7-8,11-14H2,1-3H3,(H,22,25)/t21-/m0/s1. The predicted octanol–water partition coefficient (Wildman–Crippen LogP) is 3.40. The zero-order valence-corrected chi connectivity index (χ0v) is 15.4. The molecule has 0 spiro atoms. The minimum atomic E-state index is 0.0242. The van der Waals surface area contributed by atoms with Crippen LogP contribution in [-0.2, 0) is 25.3 Å². The molecule has 4 rings (SSSR count). The Balaban J connectivity index is 1.55. The van der Waals surface area contributed by atoms with Crippen LogP contribution >= 0.6 is 0 Å². The van der Waals surface area contributed by atoms with Crippen LogP contribution in [0.3, 0.4) is 0 Å². The zero-order chi connectivity index (χ0) is 17.7. The molecule has 1 saturated carbocycles. The highest BCUT2D eigenvalue weighted by atomic mass is 16.2. The fourth-order valence-corrected chi connectivity index (χ4v) is 4.64. The van der Waals surface area contributed by atoms with Crippen LogP contribution in [0.2, 0.25) is 0 Å². The van der Waals surface area contributed by atoms with Gasteiger partial charge in [-0.05, 0) is 43.1 Å². The SMILES string of the molecule is Cn1nc2c(c1C(=O)NC[C@]1(c3ccccc3)CC1(C)C)CCCC2. The number of fused-ring (bicyclic) bond motifs is 1. The van der Waals surface area contributed by atoms with Gasteiger partial charge in [0.2, 0.25) is 0 Å². The maximum atomic E-state index is 12.9. The fraction of sp³-hybridized carbons (Fsp3) is 0.524. The molecule has 0 radical (unpaired) electrons. The normalized spacial score (nSPS) is 23.8. The molecule has 1 amide bonds. The number of amides is 1. The lowest BCUT2D eigenvalue weighted by Crippen LogP contribution is -2.36. The molecule has 4 heteroatoms. The summed E-state index contributed by atoms with van der Waals surface area (Å²) in [6.45, 7) is 5.26. The number of aryl methyl sites for hydroxylation is 2. The molecule has 1 N–H and O–H groups in total. The van der Waals surface area contributed by atoms with Crippen molar-refractivity contribution in [1.82, 2.24) is 15.1 Å². The number of hydrogen-bond donors (Lipinski definition) is 1. The summed E-state index contributed by atoms with van der Waals surface area (Å²) < 4.78 is 1.78. The lowest BCUT2D eigenvalue weighted by Gasteiger charge is -2.22. The van der Waals surface area contributed by atoms with E-state index in [1.54, 1.807) is 4.68 Å². The van der Waals surface area contributed by atoms with E-state index in [2.05, 4.69) is 48.5 Å². The van der Waals surface area contributed by atoms with Crippen LogP contribution in [0.1, 0.15) is 60.4 Å². The predicted molar refractivity (Wildman–Crippen MR) is 98.7 cm³/mol. The van der Waals surface area contributed by atoms with Crippen molar-refractivity contribution in [1.29, 1.82) is 0 Å². The summed E-state index contributed by atoms with van der Waals surface area (Å²) in [5, 5.41) is 7.81. The van der Waals surface area contributed by atoms with Crippen LogP contribution in [0, 0.1) is 5.41 Å². The molecular formula is C21H27N3O. The zero-order valence-electron chi connectivity index (χ0n) is 15.4. The molecule has 1 heterocycles. The van der Waals surface area contributed by atoms with E-state index in [1.807, 2.05) is 13.1 Å². The van der Waals surface area contributed by atoms with Crippen LogP contribution in [0.4, 0.5) is 0 Å². The van der Waals surface area contributed by atoms with Crippen LogP contribution < -0.4 is 5.32 Å². The van der Waals surface area contributed by atoms with Gasteiger partial charge in [0, 0.05) is 24.6 Å². The summed E-state index contributed by atoms with van der Waals surface area (Å²) in [5.74, 6) is 0.0242. The lowest BCUT2D eigenvalue weighted by atomic mass is 9.87. The van der Waals surface area contributed by atoms with Gasteiger partial charge in [-0.25, -0.2) is 0 Å². The smallest absolute Gasteiger partial charge is 0.269 e. The van der Waals surface area contributed by atoms with Crippen LogP contribution in [-0.4, -0.2) is 22.2 Å². The Morgan fingerprint density at radius 3 is 2.56 bits per heavy atom. The Hall–Kier alpha value is -2.10. The van der Waals surface area contributed by atoms with Crippen molar-refractivity contribution >= 4 is 5.91 Å². The van der Waals surface area contributed by atoms with Gasteiger partial charge in [-0.2, -0.15) is 5.10 Å². The second-order valence-corrected chi connectivity index (χ2v) is 8.30. The summed E-state index contributed by atoms with van der Waals surface area (Å²) >= 11 is 0.